The van der Waals surface area contributed by atoms with E-state index in [2.05, 4.69) is 20.7 Å². The maximum Gasteiger partial charge on any atom is 0.284 e. The average molecular weight is 403 g/mol. The third kappa shape index (κ3) is 3.71. The molecule has 0 radical (unpaired) electrons. The minimum atomic E-state index is -4.05. The zero-order chi connectivity index (χ0) is 17.2. The van der Waals surface area contributed by atoms with Gasteiger partial charge in [-0.25, -0.2) is 8.42 Å². The number of sulfonamides is 1. The summed E-state index contributed by atoms with van der Waals surface area (Å²) in [6.07, 6.45) is 0. The zero-order valence-corrected chi connectivity index (χ0v) is 14.1. The van der Waals surface area contributed by atoms with Crippen molar-refractivity contribution in [3.05, 3.63) is 51.0 Å². The van der Waals surface area contributed by atoms with Crippen molar-refractivity contribution in [3.8, 4) is 11.5 Å². The normalized spacial score (nSPS) is 11.0. The van der Waals surface area contributed by atoms with Crippen LogP contribution in [0.4, 0.5) is 11.4 Å². The van der Waals surface area contributed by atoms with Gasteiger partial charge in [0.25, 0.3) is 15.7 Å². The molecule has 0 spiro atoms. The molecule has 2 aromatic rings. The van der Waals surface area contributed by atoms with E-state index < -0.39 is 14.9 Å². The Bertz CT molecular complexity index is 869. The van der Waals surface area contributed by atoms with Gasteiger partial charge in [-0.1, -0.05) is 0 Å². The molecular weight excluding hydrogens is 392 g/mol. The highest BCUT2D eigenvalue weighted by molar-refractivity contribution is 9.10. The molecule has 0 fully saturated rings. The van der Waals surface area contributed by atoms with Gasteiger partial charge in [0.05, 0.1) is 27.1 Å². The molecule has 0 aliphatic carbocycles. The summed E-state index contributed by atoms with van der Waals surface area (Å²) in [4.78, 5) is 9.92. The molecule has 0 saturated heterocycles. The van der Waals surface area contributed by atoms with E-state index in [4.69, 9.17) is 4.74 Å². The van der Waals surface area contributed by atoms with E-state index in [1.54, 1.807) is 0 Å². The van der Waals surface area contributed by atoms with Gasteiger partial charge < -0.3 is 9.84 Å². The number of ether oxygens (including phenoxy) is 1. The number of phenols is 1. The maximum atomic E-state index is 12.3. The standard InChI is InChI=1S/C13H11BrN2O6S/c1-22-13-5-2-8(6-12(13)17)15-23(20,21)9-3-4-10(14)11(7-9)16(18)19/h2-7,15,17H,1H3. The second kappa shape index (κ2) is 6.42. The van der Waals surface area contributed by atoms with Gasteiger partial charge in [0, 0.05) is 12.1 Å². The molecule has 0 aliphatic rings. The van der Waals surface area contributed by atoms with E-state index in [0.717, 1.165) is 6.07 Å². The monoisotopic (exact) mass is 402 g/mol. The fraction of sp³-hybridized carbons (Fsp3) is 0.0769. The van der Waals surface area contributed by atoms with Crippen molar-refractivity contribution in [2.45, 2.75) is 4.90 Å². The van der Waals surface area contributed by atoms with Gasteiger partial charge in [-0.05, 0) is 40.2 Å². The van der Waals surface area contributed by atoms with Crippen LogP contribution in [-0.2, 0) is 10.0 Å². The van der Waals surface area contributed by atoms with Crippen LogP contribution in [0, 0.1) is 10.1 Å². The number of nitrogens with zero attached hydrogens (tertiary/aromatic N) is 1. The van der Waals surface area contributed by atoms with Gasteiger partial charge in [0.2, 0.25) is 0 Å². The van der Waals surface area contributed by atoms with Crippen molar-refractivity contribution < 1.29 is 23.2 Å². The first-order valence-corrected chi connectivity index (χ1v) is 8.36. The first kappa shape index (κ1) is 17.0. The molecule has 0 amide bonds. The SMILES string of the molecule is COc1ccc(NS(=O)(=O)c2ccc(Br)c([N+](=O)[O-])c2)cc1O. The Morgan fingerprint density at radius 2 is 1.96 bits per heavy atom. The second-order valence-corrected chi connectivity index (χ2v) is 6.90. The van der Waals surface area contributed by atoms with Crippen LogP contribution < -0.4 is 9.46 Å². The summed E-state index contributed by atoms with van der Waals surface area (Å²) >= 11 is 2.99. The number of hydrogen-bond donors (Lipinski definition) is 2. The van der Waals surface area contributed by atoms with Crippen LogP contribution >= 0.6 is 15.9 Å². The first-order valence-electron chi connectivity index (χ1n) is 6.08. The van der Waals surface area contributed by atoms with E-state index in [1.807, 2.05) is 0 Å². The van der Waals surface area contributed by atoms with Crippen molar-refractivity contribution in [2.75, 3.05) is 11.8 Å². The van der Waals surface area contributed by atoms with Crippen LogP contribution in [-0.4, -0.2) is 25.6 Å². The molecule has 23 heavy (non-hydrogen) atoms. The van der Waals surface area contributed by atoms with Crippen LogP contribution in [0.2, 0.25) is 0 Å². The van der Waals surface area contributed by atoms with Gasteiger partial charge in [0.15, 0.2) is 11.5 Å². The molecule has 0 aromatic heterocycles. The molecule has 0 aliphatic heterocycles. The Morgan fingerprint density at radius 1 is 1.26 bits per heavy atom. The minimum absolute atomic E-state index is 0.0915. The predicted molar refractivity (Wildman–Crippen MR) is 86.3 cm³/mol. The summed E-state index contributed by atoms with van der Waals surface area (Å²) in [7, 11) is -2.69. The molecule has 2 aromatic carbocycles. The Morgan fingerprint density at radius 3 is 2.52 bits per heavy atom. The smallest absolute Gasteiger partial charge is 0.284 e. The number of phenolic OH excluding ortho intramolecular Hbond substituents is 1. The van der Waals surface area contributed by atoms with Crippen molar-refractivity contribution in [1.29, 1.82) is 0 Å². The summed E-state index contributed by atoms with van der Waals surface area (Å²) < 4.78 is 31.8. The van der Waals surface area contributed by atoms with Crippen LogP contribution in [0.5, 0.6) is 11.5 Å². The highest BCUT2D eigenvalue weighted by atomic mass is 79.9. The Labute approximate surface area is 140 Å². The van der Waals surface area contributed by atoms with Crippen LogP contribution in [0.15, 0.2) is 45.8 Å². The molecule has 0 saturated carbocycles. The highest BCUT2D eigenvalue weighted by Crippen LogP contribution is 2.31. The number of anilines is 1. The molecule has 0 heterocycles. The van der Waals surface area contributed by atoms with Gasteiger partial charge in [0.1, 0.15) is 0 Å². The molecule has 8 nitrogen and oxygen atoms in total. The number of halogens is 1. The number of rotatable bonds is 5. The van der Waals surface area contributed by atoms with Gasteiger partial charge in [-0.3, -0.25) is 14.8 Å². The van der Waals surface area contributed by atoms with Gasteiger partial charge in [-0.15, -0.1) is 0 Å². The number of hydrogen-bond acceptors (Lipinski definition) is 6. The molecular formula is C13H11BrN2O6S. The van der Waals surface area contributed by atoms with E-state index >= 15 is 0 Å². The van der Waals surface area contributed by atoms with Gasteiger partial charge in [-0.2, -0.15) is 0 Å². The third-order valence-electron chi connectivity index (χ3n) is 2.86. The van der Waals surface area contributed by atoms with Gasteiger partial charge >= 0.3 is 0 Å². The summed E-state index contributed by atoms with van der Waals surface area (Å²) in [5.74, 6) is -0.0540. The Hall–Kier alpha value is -2.33. The molecule has 0 bridgehead atoms. The van der Waals surface area contributed by atoms with Crippen LogP contribution in [0.1, 0.15) is 0 Å². The van der Waals surface area contributed by atoms with Crippen LogP contribution in [0.25, 0.3) is 0 Å². The predicted octanol–water partition coefficient (Wildman–Crippen LogP) is 2.87. The van der Waals surface area contributed by atoms with Crippen LogP contribution in [0.3, 0.4) is 0 Å². The molecule has 0 atom stereocenters. The quantitative estimate of drug-likeness (QED) is 0.585. The van der Waals surface area contributed by atoms with Crippen molar-refractivity contribution in [2.24, 2.45) is 0 Å². The van der Waals surface area contributed by atoms with Crippen molar-refractivity contribution >= 4 is 37.3 Å². The molecule has 2 rings (SSSR count). The fourth-order valence-electron chi connectivity index (χ4n) is 1.77. The number of nitrogens with one attached hydrogen (secondary N) is 1. The molecule has 2 N–H and O–H groups in total. The van der Waals surface area contributed by atoms with E-state index in [1.165, 1.54) is 37.4 Å². The Balaban J connectivity index is 2.37. The molecule has 10 heteroatoms. The van der Waals surface area contributed by atoms with E-state index in [-0.39, 0.29) is 32.2 Å². The largest absolute Gasteiger partial charge is 0.504 e. The number of nitro benzene ring substituents is 1. The molecule has 122 valence electrons. The number of nitro groups is 1. The Kier molecular flexibility index (Phi) is 4.76. The van der Waals surface area contributed by atoms with E-state index in [0.29, 0.717) is 0 Å². The van der Waals surface area contributed by atoms with Crippen molar-refractivity contribution in [3.63, 3.8) is 0 Å². The lowest BCUT2D eigenvalue weighted by Crippen LogP contribution is -2.13. The topological polar surface area (TPSA) is 119 Å². The lowest BCUT2D eigenvalue weighted by atomic mass is 10.3. The summed E-state index contributed by atoms with van der Waals surface area (Å²) in [5.41, 5.74) is -0.278. The number of benzene rings is 2. The fourth-order valence-corrected chi connectivity index (χ4v) is 3.23. The molecule has 0 unspecified atom stereocenters. The summed E-state index contributed by atoms with van der Waals surface area (Å²) in [6.45, 7) is 0. The number of aromatic hydroxyl groups is 1. The maximum absolute atomic E-state index is 12.3. The minimum Gasteiger partial charge on any atom is -0.504 e. The number of methoxy groups -OCH3 is 1. The second-order valence-electron chi connectivity index (χ2n) is 4.36. The summed E-state index contributed by atoms with van der Waals surface area (Å²) in [6, 6.07) is 7.39. The van der Waals surface area contributed by atoms with E-state index in [9.17, 15) is 23.6 Å². The summed E-state index contributed by atoms with van der Waals surface area (Å²) in [5, 5.41) is 20.5. The van der Waals surface area contributed by atoms with Crippen molar-refractivity contribution in [1.82, 2.24) is 0 Å². The highest BCUT2D eigenvalue weighted by Gasteiger charge is 2.21. The third-order valence-corrected chi connectivity index (χ3v) is 4.91. The lowest BCUT2D eigenvalue weighted by molar-refractivity contribution is -0.385. The average Bonchev–Trinajstić information content (AvgIpc) is 2.47. The zero-order valence-electron chi connectivity index (χ0n) is 11.7. The first-order chi connectivity index (χ1) is 10.7. The lowest BCUT2D eigenvalue weighted by Gasteiger charge is -2.10.